The fourth-order valence-electron chi connectivity index (χ4n) is 1.21. The first-order valence-electron chi connectivity index (χ1n) is 4.04. The number of hydrogen-bond acceptors (Lipinski definition) is 2. The lowest BCUT2D eigenvalue weighted by molar-refractivity contribution is -0.137. The van der Waals surface area contributed by atoms with Crippen molar-refractivity contribution in [2.75, 3.05) is 0 Å². The molecule has 0 heterocycles. The van der Waals surface area contributed by atoms with Crippen LogP contribution in [0.5, 0.6) is 0 Å². The third kappa shape index (κ3) is 2.51. The highest BCUT2D eigenvalue weighted by Gasteiger charge is 2.11. The number of carboxylic acids is 1. The van der Waals surface area contributed by atoms with Gasteiger partial charge < -0.3 is 10.8 Å². The second-order valence-corrected chi connectivity index (χ2v) is 2.89. The fraction of sp³-hybridized carbons (Fsp3) is 0.444. The number of aliphatic carboxylic acids is 1. The molecule has 3 nitrogen and oxygen atoms in total. The fourth-order valence-corrected chi connectivity index (χ4v) is 1.21. The summed E-state index contributed by atoms with van der Waals surface area (Å²) in [5.41, 5.74) is 6.60. The van der Waals surface area contributed by atoms with Crippen LogP contribution in [0.1, 0.15) is 19.3 Å². The first-order chi connectivity index (χ1) is 5.70. The van der Waals surface area contributed by atoms with E-state index >= 15 is 0 Å². The maximum atomic E-state index is 10.3. The molecule has 12 heavy (non-hydrogen) atoms. The van der Waals surface area contributed by atoms with Crippen LogP contribution in [0, 0.1) is 0 Å². The minimum Gasteiger partial charge on any atom is -0.481 e. The van der Waals surface area contributed by atoms with E-state index in [1.54, 1.807) is 0 Å². The minimum absolute atomic E-state index is 0.0101. The van der Waals surface area contributed by atoms with Crippen molar-refractivity contribution in [2.24, 2.45) is 5.73 Å². The summed E-state index contributed by atoms with van der Waals surface area (Å²) in [7, 11) is 0. The van der Waals surface area contributed by atoms with Gasteiger partial charge in [-0.1, -0.05) is 18.2 Å². The van der Waals surface area contributed by atoms with Gasteiger partial charge in [0.05, 0.1) is 6.42 Å². The second kappa shape index (κ2) is 4.07. The van der Waals surface area contributed by atoms with Crippen molar-refractivity contribution in [3.8, 4) is 0 Å². The Morgan fingerprint density at radius 1 is 1.67 bits per heavy atom. The highest BCUT2D eigenvalue weighted by molar-refractivity contribution is 5.68. The van der Waals surface area contributed by atoms with Gasteiger partial charge in [-0.25, -0.2) is 0 Å². The van der Waals surface area contributed by atoms with Crippen LogP contribution in [0.3, 0.4) is 0 Å². The highest BCUT2D eigenvalue weighted by atomic mass is 16.4. The maximum Gasteiger partial charge on any atom is 0.305 e. The van der Waals surface area contributed by atoms with E-state index in [9.17, 15) is 4.79 Å². The average molecular weight is 167 g/mol. The molecule has 0 spiro atoms. The summed E-state index contributed by atoms with van der Waals surface area (Å²) in [6, 6.07) is -0.348. The zero-order valence-corrected chi connectivity index (χ0v) is 6.86. The Labute approximate surface area is 71.6 Å². The van der Waals surface area contributed by atoms with E-state index in [0.717, 1.165) is 18.4 Å². The van der Waals surface area contributed by atoms with Crippen molar-refractivity contribution in [1.29, 1.82) is 0 Å². The zero-order chi connectivity index (χ0) is 8.97. The molecule has 0 aromatic rings. The summed E-state index contributed by atoms with van der Waals surface area (Å²) >= 11 is 0. The van der Waals surface area contributed by atoms with Gasteiger partial charge in [-0.3, -0.25) is 4.79 Å². The van der Waals surface area contributed by atoms with Crippen molar-refractivity contribution in [3.05, 3.63) is 23.8 Å². The van der Waals surface area contributed by atoms with Crippen LogP contribution >= 0.6 is 0 Å². The third-order valence-corrected chi connectivity index (χ3v) is 1.85. The molecule has 1 rings (SSSR count). The van der Waals surface area contributed by atoms with Crippen molar-refractivity contribution in [3.63, 3.8) is 0 Å². The Bertz CT molecular complexity index is 231. The summed E-state index contributed by atoms with van der Waals surface area (Å²) in [6.07, 6.45) is 7.96. The molecule has 0 aromatic heterocycles. The molecule has 0 bridgehead atoms. The molecule has 1 atom stereocenters. The number of allylic oxidation sites excluding steroid dienone is 2. The van der Waals surface area contributed by atoms with Crippen molar-refractivity contribution in [1.82, 2.24) is 0 Å². The van der Waals surface area contributed by atoms with Crippen molar-refractivity contribution >= 4 is 5.97 Å². The standard InChI is InChI=1S/C9H13NO2/c10-8(6-9(11)12)7-4-2-1-3-5-7/h2,4-5,8H,1,3,6,10H2,(H,11,12). The largest absolute Gasteiger partial charge is 0.481 e. The Kier molecular flexibility index (Phi) is 3.05. The number of carbonyl (C=O) groups is 1. The Balaban J connectivity index is 2.51. The molecule has 66 valence electrons. The quantitative estimate of drug-likeness (QED) is 0.660. The summed E-state index contributed by atoms with van der Waals surface area (Å²) in [6.45, 7) is 0. The van der Waals surface area contributed by atoms with E-state index in [4.69, 9.17) is 10.8 Å². The summed E-state index contributed by atoms with van der Waals surface area (Å²) in [5.74, 6) is -0.845. The molecule has 0 amide bonds. The Morgan fingerprint density at radius 3 is 2.92 bits per heavy atom. The lowest BCUT2D eigenvalue weighted by Gasteiger charge is -2.12. The molecule has 0 radical (unpaired) electrons. The maximum absolute atomic E-state index is 10.3. The molecule has 1 aliphatic carbocycles. The average Bonchev–Trinajstić information content (AvgIpc) is 2.05. The van der Waals surface area contributed by atoms with Gasteiger partial charge in [-0.05, 0) is 18.4 Å². The molecule has 1 unspecified atom stereocenters. The molecule has 0 aliphatic heterocycles. The van der Waals surface area contributed by atoms with Gasteiger partial charge in [0.25, 0.3) is 0 Å². The molecule has 0 saturated heterocycles. The molecule has 3 N–H and O–H groups in total. The van der Waals surface area contributed by atoms with Crippen molar-refractivity contribution in [2.45, 2.75) is 25.3 Å². The monoisotopic (exact) mass is 167 g/mol. The molecule has 0 fully saturated rings. The van der Waals surface area contributed by atoms with E-state index in [1.807, 2.05) is 18.2 Å². The normalized spacial score (nSPS) is 18.6. The van der Waals surface area contributed by atoms with Crippen LogP contribution in [0.4, 0.5) is 0 Å². The Morgan fingerprint density at radius 2 is 2.42 bits per heavy atom. The summed E-state index contributed by atoms with van der Waals surface area (Å²) in [5, 5.41) is 8.48. The second-order valence-electron chi connectivity index (χ2n) is 2.89. The highest BCUT2D eigenvalue weighted by Crippen LogP contribution is 2.13. The van der Waals surface area contributed by atoms with Gasteiger partial charge in [0.2, 0.25) is 0 Å². The number of rotatable bonds is 3. The first-order valence-corrected chi connectivity index (χ1v) is 4.04. The first kappa shape index (κ1) is 9.00. The van der Waals surface area contributed by atoms with Crippen LogP contribution in [0.25, 0.3) is 0 Å². The van der Waals surface area contributed by atoms with Crippen LogP contribution < -0.4 is 5.73 Å². The molecule has 0 saturated carbocycles. The van der Waals surface area contributed by atoms with Gasteiger partial charge >= 0.3 is 5.97 Å². The number of nitrogens with two attached hydrogens (primary N) is 1. The van der Waals surface area contributed by atoms with Crippen LogP contribution in [0.15, 0.2) is 23.8 Å². The Hall–Kier alpha value is -1.09. The van der Waals surface area contributed by atoms with E-state index in [0.29, 0.717) is 0 Å². The predicted octanol–water partition coefficient (Wildman–Crippen LogP) is 1.06. The van der Waals surface area contributed by atoms with Crippen LogP contribution in [-0.4, -0.2) is 17.1 Å². The lowest BCUT2D eigenvalue weighted by atomic mass is 9.99. The number of hydrogen-bond donors (Lipinski definition) is 2. The molecule has 0 aromatic carbocycles. The summed E-state index contributed by atoms with van der Waals surface area (Å²) < 4.78 is 0. The zero-order valence-electron chi connectivity index (χ0n) is 6.86. The van der Waals surface area contributed by atoms with Gasteiger partial charge in [-0.15, -0.1) is 0 Å². The lowest BCUT2D eigenvalue weighted by Crippen LogP contribution is -2.25. The van der Waals surface area contributed by atoms with E-state index in [-0.39, 0.29) is 12.5 Å². The van der Waals surface area contributed by atoms with E-state index < -0.39 is 5.97 Å². The minimum atomic E-state index is -0.845. The topological polar surface area (TPSA) is 63.3 Å². The van der Waals surface area contributed by atoms with Gasteiger partial charge in [0, 0.05) is 6.04 Å². The third-order valence-electron chi connectivity index (χ3n) is 1.85. The number of carboxylic acid groups (broad SMARTS) is 1. The molecule has 3 heteroatoms. The molecular weight excluding hydrogens is 154 g/mol. The van der Waals surface area contributed by atoms with E-state index in [1.165, 1.54) is 0 Å². The summed E-state index contributed by atoms with van der Waals surface area (Å²) in [4.78, 5) is 10.3. The van der Waals surface area contributed by atoms with E-state index in [2.05, 4.69) is 0 Å². The molecule has 1 aliphatic rings. The van der Waals surface area contributed by atoms with Crippen molar-refractivity contribution < 1.29 is 9.90 Å². The molecular formula is C9H13NO2. The van der Waals surface area contributed by atoms with Gasteiger partial charge in [0.15, 0.2) is 0 Å². The van der Waals surface area contributed by atoms with Gasteiger partial charge in [0.1, 0.15) is 0 Å². The smallest absolute Gasteiger partial charge is 0.305 e. The van der Waals surface area contributed by atoms with Gasteiger partial charge in [-0.2, -0.15) is 0 Å². The van der Waals surface area contributed by atoms with Crippen LogP contribution in [0.2, 0.25) is 0 Å². The predicted molar refractivity (Wildman–Crippen MR) is 46.7 cm³/mol. The SMILES string of the molecule is NC(CC(=O)O)C1=CCCC=C1. The van der Waals surface area contributed by atoms with Crippen LogP contribution in [-0.2, 0) is 4.79 Å².